The van der Waals surface area contributed by atoms with Crippen molar-refractivity contribution in [2.24, 2.45) is 17.8 Å². The van der Waals surface area contributed by atoms with Gasteiger partial charge in [0.25, 0.3) is 5.91 Å². The topological polar surface area (TPSA) is 96.4 Å². The Morgan fingerprint density at radius 1 is 1.25 bits per heavy atom. The van der Waals surface area contributed by atoms with Gasteiger partial charge in [0.15, 0.2) is 0 Å². The second kappa shape index (κ2) is 12.8. The Labute approximate surface area is 241 Å². The number of carbonyl (C=O) groups is 3. The maximum atomic E-state index is 14.6. The molecule has 0 aliphatic carbocycles. The molecule has 9 heteroatoms. The summed E-state index contributed by atoms with van der Waals surface area (Å²) in [5, 5.41) is 10.4. The minimum Gasteiger partial charge on any atom is -0.497 e. The Balaban J connectivity index is 1.74. The molecule has 1 aromatic carbocycles. The minimum absolute atomic E-state index is 0.0789. The Morgan fingerprint density at radius 2 is 1.98 bits per heavy atom. The van der Waals surface area contributed by atoms with Crippen LogP contribution in [0, 0.1) is 17.8 Å². The van der Waals surface area contributed by atoms with Crippen LogP contribution in [-0.2, 0) is 19.1 Å². The van der Waals surface area contributed by atoms with Crippen LogP contribution < -0.4 is 9.64 Å². The molecule has 1 aromatic rings. The number of thioether (sulfide) groups is 1. The van der Waals surface area contributed by atoms with Gasteiger partial charge in [0, 0.05) is 17.5 Å². The zero-order valence-corrected chi connectivity index (χ0v) is 24.6. The molecule has 2 unspecified atom stereocenters. The second-order valence-corrected chi connectivity index (χ2v) is 12.9. The predicted molar refractivity (Wildman–Crippen MR) is 157 cm³/mol. The second-order valence-electron chi connectivity index (χ2n) is 11.3. The first-order valence-corrected chi connectivity index (χ1v) is 15.1. The van der Waals surface area contributed by atoms with Crippen LogP contribution in [0.25, 0.3) is 0 Å². The van der Waals surface area contributed by atoms with Crippen molar-refractivity contribution in [1.29, 1.82) is 0 Å². The summed E-state index contributed by atoms with van der Waals surface area (Å²) in [4.78, 5) is 45.6. The van der Waals surface area contributed by atoms with E-state index in [0.717, 1.165) is 12.8 Å². The van der Waals surface area contributed by atoms with Crippen LogP contribution in [0.15, 0.2) is 49.6 Å². The Hall–Kier alpha value is -2.78. The predicted octanol–water partition coefficient (Wildman–Crippen LogP) is 4.22. The number of hydrogen-bond acceptors (Lipinski definition) is 7. The van der Waals surface area contributed by atoms with Crippen LogP contribution in [-0.4, -0.2) is 76.7 Å². The lowest BCUT2D eigenvalue weighted by Gasteiger charge is -2.40. The van der Waals surface area contributed by atoms with Gasteiger partial charge < -0.3 is 24.4 Å². The first kappa shape index (κ1) is 30.2. The van der Waals surface area contributed by atoms with Gasteiger partial charge in [-0.2, -0.15) is 0 Å². The quantitative estimate of drug-likeness (QED) is 0.203. The number of rotatable bonds is 14. The van der Waals surface area contributed by atoms with Crippen LogP contribution >= 0.6 is 11.8 Å². The number of methoxy groups -OCH3 is 1. The molecule has 1 spiro atoms. The molecule has 8 nitrogen and oxygen atoms in total. The van der Waals surface area contributed by atoms with Crippen molar-refractivity contribution in [2.45, 2.75) is 68.0 Å². The molecular weight excluding hydrogens is 528 g/mol. The number of carbonyl (C=O) groups excluding carboxylic acids is 3. The highest BCUT2D eigenvalue weighted by Gasteiger charge is 2.74. The maximum Gasteiger partial charge on any atom is 0.310 e. The van der Waals surface area contributed by atoms with E-state index in [4.69, 9.17) is 9.47 Å². The summed E-state index contributed by atoms with van der Waals surface area (Å²) in [6.07, 6.45) is 6.79. The van der Waals surface area contributed by atoms with Crippen molar-refractivity contribution in [3.05, 3.63) is 49.6 Å². The Kier molecular flexibility index (Phi) is 9.67. The molecule has 2 bridgehead atoms. The Bertz CT molecular complexity index is 1110. The average molecular weight is 571 g/mol. The molecule has 218 valence electrons. The highest BCUT2D eigenvalue weighted by molar-refractivity contribution is 8.02. The number of ether oxygens (including phenoxy) is 2. The van der Waals surface area contributed by atoms with E-state index < -0.39 is 28.7 Å². The van der Waals surface area contributed by atoms with Gasteiger partial charge in [-0.15, -0.1) is 24.9 Å². The third kappa shape index (κ3) is 5.42. The molecular formula is C31H42N2O6S. The first-order chi connectivity index (χ1) is 19.2. The lowest BCUT2D eigenvalue weighted by atomic mass is 9.71. The van der Waals surface area contributed by atoms with Crippen LogP contribution in [0.2, 0.25) is 0 Å². The van der Waals surface area contributed by atoms with Crippen LogP contribution in [0.4, 0.5) is 5.69 Å². The number of unbranched alkanes of at least 4 members (excludes halogenated alkanes) is 1. The van der Waals surface area contributed by atoms with Gasteiger partial charge in [0.2, 0.25) is 5.91 Å². The minimum atomic E-state index is -0.823. The van der Waals surface area contributed by atoms with E-state index in [1.165, 1.54) is 0 Å². The number of benzene rings is 1. The fourth-order valence-corrected chi connectivity index (χ4v) is 8.90. The number of aliphatic hydroxyl groups is 1. The average Bonchev–Trinajstić information content (AvgIpc) is 3.59. The van der Waals surface area contributed by atoms with Gasteiger partial charge in [-0.25, -0.2) is 0 Å². The molecule has 3 aliphatic heterocycles. The van der Waals surface area contributed by atoms with Crippen molar-refractivity contribution in [1.82, 2.24) is 4.90 Å². The number of anilines is 1. The summed E-state index contributed by atoms with van der Waals surface area (Å²) in [6, 6.07) is 5.86. The lowest BCUT2D eigenvalue weighted by Crippen LogP contribution is -2.57. The molecule has 2 amide bonds. The van der Waals surface area contributed by atoms with Crippen molar-refractivity contribution < 1.29 is 29.0 Å². The van der Waals surface area contributed by atoms with Crippen LogP contribution in [0.3, 0.4) is 0 Å². The first-order valence-electron chi connectivity index (χ1n) is 14.2. The highest BCUT2D eigenvalue weighted by atomic mass is 32.2. The van der Waals surface area contributed by atoms with E-state index in [0.29, 0.717) is 30.7 Å². The van der Waals surface area contributed by atoms with E-state index in [-0.39, 0.29) is 48.7 Å². The normalized spacial score (nSPS) is 27.4. The number of esters is 1. The van der Waals surface area contributed by atoms with Gasteiger partial charge in [0.05, 0.1) is 42.9 Å². The van der Waals surface area contributed by atoms with Crippen molar-refractivity contribution in [3.8, 4) is 5.75 Å². The van der Waals surface area contributed by atoms with E-state index in [1.807, 2.05) is 26.0 Å². The number of allylic oxidation sites excluding steroid dienone is 1. The highest BCUT2D eigenvalue weighted by Crippen LogP contribution is 2.67. The number of likely N-dealkylation sites (tertiary alicyclic amines) is 1. The SMILES string of the molecule is C=CCCCOC(=O)[C@@H]1[C@H]2C(=O)N([C@@H](CO)CC(C)C)C(C(=O)N(CC=C)c3ccc(OC)cc3)C23CC[C@H]1S3. The van der Waals surface area contributed by atoms with Crippen molar-refractivity contribution >= 4 is 35.2 Å². The van der Waals surface area contributed by atoms with Gasteiger partial charge >= 0.3 is 5.97 Å². The number of aliphatic hydroxyl groups excluding tert-OH is 1. The molecule has 40 heavy (non-hydrogen) atoms. The van der Waals surface area contributed by atoms with Gasteiger partial charge in [-0.1, -0.05) is 26.0 Å². The molecule has 6 atom stereocenters. The zero-order valence-electron chi connectivity index (χ0n) is 23.8. The van der Waals surface area contributed by atoms with E-state index in [2.05, 4.69) is 13.2 Å². The third-order valence-electron chi connectivity index (χ3n) is 8.35. The van der Waals surface area contributed by atoms with Gasteiger partial charge in [-0.3, -0.25) is 14.4 Å². The molecule has 0 radical (unpaired) electrons. The Morgan fingerprint density at radius 3 is 2.58 bits per heavy atom. The summed E-state index contributed by atoms with van der Waals surface area (Å²) < 4.78 is 10.2. The standard InChI is InChI=1S/C31H42N2O6S/c1-6-8-9-17-39-30(37)25-24-14-15-31(40-24)26(25)28(35)33(22(19-34)18-20(3)4)27(31)29(36)32(16-7-2)21-10-12-23(38-5)13-11-21/h6-7,10-13,20,22,24-27,34H,1-2,8-9,14-19H2,3-5H3/t22-,24-,25+,26+,27?,31?/m1/s1. The van der Waals surface area contributed by atoms with E-state index in [1.54, 1.807) is 53.0 Å². The molecule has 4 rings (SSSR count). The zero-order chi connectivity index (χ0) is 29.0. The fourth-order valence-electron chi connectivity index (χ4n) is 6.71. The maximum absolute atomic E-state index is 14.6. The number of nitrogens with zero attached hydrogens (tertiary/aromatic N) is 2. The van der Waals surface area contributed by atoms with Crippen molar-refractivity contribution in [3.63, 3.8) is 0 Å². The lowest BCUT2D eigenvalue weighted by molar-refractivity contribution is -0.154. The molecule has 0 aromatic heterocycles. The summed E-state index contributed by atoms with van der Waals surface area (Å²) in [5.74, 6) is -1.23. The third-order valence-corrected chi connectivity index (χ3v) is 10.3. The molecule has 1 N–H and O–H groups in total. The summed E-state index contributed by atoms with van der Waals surface area (Å²) in [5.41, 5.74) is 0.665. The molecule has 3 heterocycles. The number of fused-ring (bicyclic) bond motifs is 1. The van der Waals surface area contributed by atoms with Crippen LogP contribution in [0.1, 0.15) is 46.0 Å². The molecule has 3 aliphatic rings. The van der Waals surface area contributed by atoms with Gasteiger partial charge in [-0.05, 0) is 62.3 Å². The van der Waals surface area contributed by atoms with E-state index >= 15 is 0 Å². The number of amides is 2. The van der Waals surface area contributed by atoms with Gasteiger partial charge in [0.1, 0.15) is 11.8 Å². The smallest absolute Gasteiger partial charge is 0.310 e. The van der Waals surface area contributed by atoms with E-state index in [9.17, 15) is 19.5 Å². The summed E-state index contributed by atoms with van der Waals surface area (Å²) in [6.45, 7) is 11.9. The molecule has 3 fully saturated rings. The number of hydrogen-bond donors (Lipinski definition) is 1. The summed E-state index contributed by atoms with van der Waals surface area (Å²) in [7, 11) is 1.58. The summed E-state index contributed by atoms with van der Waals surface area (Å²) >= 11 is 1.60. The fraction of sp³-hybridized carbons (Fsp3) is 0.581. The molecule has 0 saturated carbocycles. The van der Waals surface area contributed by atoms with Crippen LogP contribution in [0.5, 0.6) is 5.75 Å². The largest absolute Gasteiger partial charge is 0.497 e. The van der Waals surface area contributed by atoms with Crippen molar-refractivity contribution in [2.75, 3.05) is 31.8 Å². The monoisotopic (exact) mass is 570 g/mol. The molecule has 3 saturated heterocycles.